The summed E-state index contributed by atoms with van der Waals surface area (Å²) in [7, 11) is 0. The molecule has 0 aliphatic heterocycles. The van der Waals surface area contributed by atoms with E-state index < -0.39 is 10.8 Å². The molecule has 1 amide bonds. The van der Waals surface area contributed by atoms with Crippen LogP contribution in [0.4, 0.5) is 10.1 Å². The number of nitrogens with zero attached hydrogens (tertiary/aromatic N) is 1. The fourth-order valence-electron chi connectivity index (χ4n) is 2.18. The van der Waals surface area contributed by atoms with E-state index in [1.54, 1.807) is 19.1 Å². The summed E-state index contributed by atoms with van der Waals surface area (Å²) in [6.07, 6.45) is 0. The number of nitro groups is 1. The first kappa shape index (κ1) is 15.6. The quantitative estimate of drug-likeness (QED) is 0.693. The number of rotatable bonds is 4. The van der Waals surface area contributed by atoms with Gasteiger partial charge in [0, 0.05) is 17.2 Å². The van der Waals surface area contributed by atoms with E-state index >= 15 is 0 Å². The third-order valence-electron chi connectivity index (χ3n) is 3.46. The zero-order valence-electron chi connectivity index (χ0n) is 12.2. The lowest BCUT2D eigenvalue weighted by Gasteiger charge is -2.15. The van der Waals surface area contributed by atoms with E-state index in [1.165, 1.54) is 37.3 Å². The molecule has 0 aromatic heterocycles. The number of hydrogen-bond acceptors (Lipinski definition) is 3. The van der Waals surface area contributed by atoms with Crippen molar-refractivity contribution in [3.05, 3.63) is 75.1 Å². The van der Waals surface area contributed by atoms with E-state index in [2.05, 4.69) is 5.32 Å². The van der Waals surface area contributed by atoms with Gasteiger partial charge in [-0.25, -0.2) is 4.39 Å². The van der Waals surface area contributed by atoms with Gasteiger partial charge < -0.3 is 5.32 Å². The van der Waals surface area contributed by atoms with Crippen molar-refractivity contribution in [3.8, 4) is 0 Å². The minimum atomic E-state index is -0.518. The molecule has 0 heterocycles. The molecule has 0 bridgehead atoms. The molecule has 2 rings (SSSR count). The van der Waals surface area contributed by atoms with E-state index in [0.717, 1.165) is 5.56 Å². The lowest BCUT2D eigenvalue weighted by atomic mass is 10.0. The van der Waals surface area contributed by atoms with Crippen LogP contribution in [0.25, 0.3) is 0 Å². The van der Waals surface area contributed by atoms with Crippen LogP contribution in [0.2, 0.25) is 0 Å². The Morgan fingerprint density at radius 2 is 1.86 bits per heavy atom. The first-order chi connectivity index (χ1) is 10.4. The topological polar surface area (TPSA) is 72.2 Å². The fraction of sp³-hybridized carbons (Fsp3) is 0.188. The number of amides is 1. The highest BCUT2D eigenvalue weighted by Gasteiger charge is 2.19. The van der Waals surface area contributed by atoms with E-state index in [0.29, 0.717) is 5.56 Å². The molecule has 0 aliphatic rings. The summed E-state index contributed by atoms with van der Waals surface area (Å²) in [5, 5.41) is 13.7. The Kier molecular flexibility index (Phi) is 4.50. The van der Waals surface area contributed by atoms with Gasteiger partial charge in [0.05, 0.1) is 11.0 Å². The smallest absolute Gasteiger partial charge is 0.273 e. The second-order valence-corrected chi connectivity index (χ2v) is 4.95. The fourth-order valence-corrected chi connectivity index (χ4v) is 2.18. The van der Waals surface area contributed by atoms with Crippen molar-refractivity contribution in [2.24, 2.45) is 0 Å². The van der Waals surface area contributed by atoms with Crippen molar-refractivity contribution >= 4 is 11.6 Å². The molecule has 0 unspecified atom stereocenters. The molecule has 114 valence electrons. The monoisotopic (exact) mass is 302 g/mol. The zero-order chi connectivity index (χ0) is 16.3. The highest BCUT2D eigenvalue weighted by atomic mass is 19.1. The Bertz CT molecular complexity index is 714. The minimum absolute atomic E-state index is 0.0953. The summed E-state index contributed by atoms with van der Waals surface area (Å²) in [5.41, 5.74) is 1.22. The van der Waals surface area contributed by atoms with Crippen molar-refractivity contribution in [3.63, 3.8) is 0 Å². The first-order valence-electron chi connectivity index (χ1n) is 6.70. The lowest BCUT2D eigenvalue weighted by Crippen LogP contribution is -2.27. The van der Waals surface area contributed by atoms with Gasteiger partial charge in [0.1, 0.15) is 5.82 Å². The molecule has 6 heteroatoms. The number of halogens is 1. The summed E-state index contributed by atoms with van der Waals surface area (Å²) in [5.74, 6) is -0.755. The maximum Gasteiger partial charge on any atom is 0.273 e. The second kappa shape index (κ2) is 6.34. The highest BCUT2D eigenvalue weighted by molar-refractivity contribution is 5.96. The van der Waals surface area contributed by atoms with Crippen LogP contribution in [-0.4, -0.2) is 10.8 Å². The molecular weight excluding hydrogens is 287 g/mol. The van der Waals surface area contributed by atoms with Crippen molar-refractivity contribution in [2.45, 2.75) is 19.9 Å². The SMILES string of the molecule is Cc1c(C(=O)N[C@@H](C)c2ccc(F)cc2)cccc1[N+](=O)[O-]. The van der Waals surface area contributed by atoms with Crippen LogP contribution in [0.5, 0.6) is 0 Å². The summed E-state index contributed by atoms with van der Waals surface area (Å²) in [6.45, 7) is 3.30. The van der Waals surface area contributed by atoms with Gasteiger partial charge in [-0.15, -0.1) is 0 Å². The number of carbonyl (C=O) groups excluding carboxylic acids is 1. The first-order valence-corrected chi connectivity index (χ1v) is 6.70. The Hall–Kier alpha value is -2.76. The summed E-state index contributed by atoms with van der Waals surface area (Å²) in [4.78, 5) is 22.7. The maximum atomic E-state index is 12.9. The molecule has 2 aromatic rings. The molecule has 5 nitrogen and oxygen atoms in total. The summed E-state index contributed by atoms with van der Waals surface area (Å²) in [6, 6.07) is 9.83. The van der Waals surface area contributed by atoms with Crippen LogP contribution < -0.4 is 5.32 Å². The summed E-state index contributed by atoms with van der Waals surface area (Å²) < 4.78 is 12.9. The third-order valence-corrected chi connectivity index (χ3v) is 3.46. The van der Waals surface area contributed by atoms with E-state index in [4.69, 9.17) is 0 Å². The van der Waals surface area contributed by atoms with Crippen LogP contribution in [0.3, 0.4) is 0 Å². The van der Waals surface area contributed by atoms with Gasteiger partial charge in [-0.1, -0.05) is 18.2 Å². The van der Waals surface area contributed by atoms with Crippen molar-refractivity contribution in [1.29, 1.82) is 0 Å². The minimum Gasteiger partial charge on any atom is -0.346 e. The van der Waals surface area contributed by atoms with E-state index in [9.17, 15) is 19.3 Å². The molecule has 0 saturated heterocycles. The van der Waals surface area contributed by atoms with Gasteiger partial charge in [-0.05, 0) is 37.6 Å². The average Bonchev–Trinajstić information content (AvgIpc) is 2.47. The zero-order valence-corrected chi connectivity index (χ0v) is 12.2. The van der Waals surface area contributed by atoms with Crippen LogP contribution in [0.1, 0.15) is 34.5 Å². The molecule has 1 N–H and O–H groups in total. The van der Waals surface area contributed by atoms with Gasteiger partial charge in [-0.3, -0.25) is 14.9 Å². The number of nitro benzene ring substituents is 1. The predicted molar refractivity (Wildman–Crippen MR) is 80.1 cm³/mol. The molecule has 0 spiro atoms. The molecule has 0 saturated carbocycles. The van der Waals surface area contributed by atoms with Gasteiger partial charge in [0.2, 0.25) is 0 Å². The Morgan fingerprint density at radius 3 is 2.45 bits per heavy atom. The Morgan fingerprint density at radius 1 is 1.23 bits per heavy atom. The van der Waals surface area contributed by atoms with E-state index in [-0.39, 0.29) is 23.1 Å². The predicted octanol–water partition coefficient (Wildman–Crippen LogP) is 3.53. The van der Waals surface area contributed by atoms with Crippen molar-refractivity contribution in [2.75, 3.05) is 0 Å². The third kappa shape index (κ3) is 3.28. The molecule has 2 aromatic carbocycles. The van der Waals surface area contributed by atoms with Gasteiger partial charge in [0.25, 0.3) is 11.6 Å². The van der Waals surface area contributed by atoms with Crippen LogP contribution in [-0.2, 0) is 0 Å². The van der Waals surface area contributed by atoms with Crippen molar-refractivity contribution in [1.82, 2.24) is 5.32 Å². The van der Waals surface area contributed by atoms with E-state index in [1.807, 2.05) is 0 Å². The highest BCUT2D eigenvalue weighted by Crippen LogP contribution is 2.22. The lowest BCUT2D eigenvalue weighted by molar-refractivity contribution is -0.385. The van der Waals surface area contributed by atoms with Gasteiger partial charge in [-0.2, -0.15) is 0 Å². The normalized spacial score (nSPS) is 11.8. The standard InChI is InChI=1S/C16H15FN2O3/c1-10-14(4-3-5-15(10)19(21)22)16(20)18-11(2)12-6-8-13(17)9-7-12/h3-9,11H,1-2H3,(H,18,20)/t11-/m0/s1. The number of carbonyl (C=O) groups is 1. The molecule has 0 radical (unpaired) electrons. The Labute approximate surface area is 126 Å². The molecule has 22 heavy (non-hydrogen) atoms. The maximum absolute atomic E-state index is 12.9. The molecule has 0 fully saturated rings. The molecule has 0 aliphatic carbocycles. The second-order valence-electron chi connectivity index (χ2n) is 4.95. The number of benzene rings is 2. The van der Waals surface area contributed by atoms with Crippen LogP contribution >= 0.6 is 0 Å². The average molecular weight is 302 g/mol. The summed E-state index contributed by atoms with van der Waals surface area (Å²) >= 11 is 0. The van der Waals surface area contributed by atoms with Crippen LogP contribution in [0, 0.1) is 22.9 Å². The number of hydrogen-bond donors (Lipinski definition) is 1. The molecular formula is C16H15FN2O3. The largest absolute Gasteiger partial charge is 0.346 e. The molecule has 1 atom stereocenters. The Balaban J connectivity index is 2.20. The van der Waals surface area contributed by atoms with Gasteiger partial charge >= 0.3 is 0 Å². The van der Waals surface area contributed by atoms with Crippen molar-refractivity contribution < 1.29 is 14.1 Å². The van der Waals surface area contributed by atoms with Gasteiger partial charge in [0.15, 0.2) is 0 Å². The number of nitrogens with one attached hydrogen (secondary N) is 1. The van der Waals surface area contributed by atoms with Crippen LogP contribution in [0.15, 0.2) is 42.5 Å².